The number of carbonyl (C=O) groups excluding carboxylic acids is 1. The molecule has 0 aliphatic carbocycles. The van der Waals surface area contributed by atoms with Gasteiger partial charge in [0.2, 0.25) is 5.13 Å². The van der Waals surface area contributed by atoms with E-state index in [-0.39, 0.29) is 5.91 Å². The van der Waals surface area contributed by atoms with Crippen LogP contribution in [0, 0.1) is 6.92 Å². The molecular formula is C12H13Cl2N5OS. The molecule has 1 aliphatic rings. The summed E-state index contributed by atoms with van der Waals surface area (Å²) in [4.78, 5) is 23.4. The largest absolute Gasteiger partial charge is 0.343 e. The molecule has 1 fully saturated rings. The molecule has 6 nitrogen and oxygen atoms in total. The highest BCUT2D eigenvalue weighted by atomic mass is 35.5. The quantitative estimate of drug-likeness (QED) is 0.907. The lowest BCUT2D eigenvalue weighted by molar-refractivity contribution is 0.0741. The molecule has 0 unspecified atom stereocenters. The standard InChI is InChI=1S/C12H13Cl2N5OS/c1-7-15-12(21-17-7)19-4-2-18(3-5-19)11(20)9-6-8(13)10(14)16-9/h6,16H,2-5H2,1H3. The number of anilines is 1. The van der Waals surface area contributed by atoms with Gasteiger partial charge in [-0.15, -0.1) is 0 Å². The Morgan fingerprint density at radius 2 is 2.05 bits per heavy atom. The first-order valence-electron chi connectivity index (χ1n) is 6.43. The minimum Gasteiger partial charge on any atom is -0.343 e. The van der Waals surface area contributed by atoms with Crippen LogP contribution in [0.15, 0.2) is 6.07 Å². The first-order valence-corrected chi connectivity index (χ1v) is 7.96. The van der Waals surface area contributed by atoms with Gasteiger partial charge in [-0.25, -0.2) is 4.98 Å². The second-order valence-electron chi connectivity index (χ2n) is 4.75. The molecule has 3 heterocycles. The number of amides is 1. The predicted octanol–water partition coefficient (Wildman–Crippen LogP) is 2.44. The van der Waals surface area contributed by atoms with E-state index in [0.29, 0.717) is 29.0 Å². The van der Waals surface area contributed by atoms with Gasteiger partial charge < -0.3 is 14.8 Å². The maximum atomic E-state index is 12.3. The molecule has 1 N–H and O–H groups in total. The number of aryl methyl sites for hydroxylation is 1. The second kappa shape index (κ2) is 5.82. The Kier molecular flexibility index (Phi) is 4.05. The summed E-state index contributed by atoms with van der Waals surface area (Å²) >= 11 is 13.1. The summed E-state index contributed by atoms with van der Waals surface area (Å²) in [5.41, 5.74) is 0.421. The average molecular weight is 346 g/mol. The number of carbonyl (C=O) groups is 1. The van der Waals surface area contributed by atoms with Crippen LogP contribution in [0.2, 0.25) is 10.2 Å². The minimum atomic E-state index is -0.0862. The average Bonchev–Trinajstić information content (AvgIpc) is 3.05. The maximum Gasteiger partial charge on any atom is 0.270 e. The summed E-state index contributed by atoms with van der Waals surface area (Å²) < 4.78 is 4.18. The molecule has 2 aromatic heterocycles. The van der Waals surface area contributed by atoms with E-state index in [1.807, 2.05) is 6.92 Å². The third-order valence-electron chi connectivity index (χ3n) is 3.31. The van der Waals surface area contributed by atoms with Crippen LogP contribution in [0.3, 0.4) is 0 Å². The fraction of sp³-hybridized carbons (Fsp3) is 0.417. The molecular weight excluding hydrogens is 333 g/mol. The van der Waals surface area contributed by atoms with Crippen LogP contribution in [0.4, 0.5) is 5.13 Å². The SMILES string of the molecule is Cc1nsc(N2CCN(C(=O)c3cc(Cl)c(Cl)[nH]3)CC2)n1. The van der Waals surface area contributed by atoms with Crippen molar-refractivity contribution in [3.63, 3.8) is 0 Å². The summed E-state index contributed by atoms with van der Waals surface area (Å²) in [5, 5.41) is 1.57. The molecule has 112 valence electrons. The summed E-state index contributed by atoms with van der Waals surface area (Å²) in [6, 6.07) is 1.56. The summed E-state index contributed by atoms with van der Waals surface area (Å²) in [6.07, 6.45) is 0. The van der Waals surface area contributed by atoms with Crippen LogP contribution in [-0.2, 0) is 0 Å². The highest BCUT2D eigenvalue weighted by Gasteiger charge is 2.25. The number of hydrogen-bond donors (Lipinski definition) is 1. The molecule has 0 saturated carbocycles. The van der Waals surface area contributed by atoms with Crippen LogP contribution >= 0.6 is 34.7 Å². The Balaban J connectivity index is 1.64. The number of nitrogens with zero attached hydrogens (tertiary/aromatic N) is 4. The van der Waals surface area contributed by atoms with Gasteiger partial charge in [-0.3, -0.25) is 4.79 Å². The van der Waals surface area contributed by atoms with Gasteiger partial charge in [-0.05, 0) is 13.0 Å². The van der Waals surface area contributed by atoms with E-state index >= 15 is 0 Å². The zero-order chi connectivity index (χ0) is 15.0. The number of piperazine rings is 1. The molecule has 0 radical (unpaired) electrons. The van der Waals surface area contributed by atoms with Crippen molar-refractivity contribution >= 4 is 45.8 Å². The molecule has 21 heavy (non-hydrogen) atoms. The van der Waals surface area contributed by atoms with Crippen LogP contribution < -0.4 is 4.90 Å². The van der Waals surface area contributed by atoms with Gasteiger partial charge in [0, 0.05) is 37.7 Å². The highest BCUT2D eigenvalue weighted by Crippen LogP contribution is 2.24. The van der Waals surface area contributed by atoms with Gasteiger partial charge in [0.1, 0.15) is 16.7 Å². The van der Waals surface area contributed by atoms with Crippen molar-refractivity contribution in [1.82, 2.24) is 19.2 Å². The summed E-state index contributed by atoms with van der Waals surface area (Å²) in [6.45, 7) is 4.61. The van der Waals surface area contributed by atoms with Crippen molar-refractivity contribution < 1.29 is 4.79 Å². The van der Waals surface area contributed by atoms with Gasteiger partial charge in [-0.2, -0.15) is 4.37 Å². The minimum absolute atomic E-state index is 0.0862. The highest BCUT2D eigenvalue weighted by molar-refractivity contribution is 7.09. The van der Waals surface area contributed by atoms with Gasteiger partial charge in [0.15, 0.2) is 0 Å². The van der Waals surface area contributed by atoms with Crippen molar-refractivity contribution in [3.8, 4) is 0 Å². The number of nitrogens with one attached hydrogen (secondary N) is 1. The fourth-order valence-electron chi connectivity index (χ4n) is 2.21. The van der Waals surface area contributed by atoms with E-state index in [1.54, 1.807) is 11.0 Å². The summed E-state index contributed by atoms with van der Waals surface area (Å²) in [7, 11) is 0. The molecule has 0 atom stereocenters. The van der Waals surface area contributed by atoms with Crippen LogP contribution in [0.5, 0.6) is 0 Å². The number of H-pyrrole nitrogens is 1. The van der Waals surface area contributed by atoms with Crippen LogP contribution in [0.25, 0.3) is 0 Å². The predicted molar refractivity (Wildman–Crippen MR) is 83.6 cm³/mol. The topological polar surface area (TPSA) is 65.1 Å². The Bertz CT molecular complexity index is 643. The maximum absolute atomic E-state index is 12.3. The number of aromatic amines is 1. The first-order chi connectivity index (χ1) is 10.0. The van der Waals surface area contributed by atoms with E-state index in [4.69, 9.17) is 23.2 Å². The Morgan fingerprint density at radius 3 is 2.57 bits per heavy atom. The molecule has 1 amide bonds. The van der Waals surface area contributed by atoms with Crippen molar-refractivity contribution in [2.24, 2.45) is 0 Å². The first kappa shape index (κ1) is 14.6. The van der Waals surface area contributed by atoms with E-state index in [0.717, 1.165) is 24.0 Å². The van der Waals surface area contributed by atoms with Crippen LogP contribution in [-0.4, -0.2) is 51.3 Å². The third-order valence-corrected chi connectivity index (χ3v) is 4.87. The molecule has 1 aliphatic heterocycles. The lowest BCUT2D eigenvalue weighted by Crippen LogP contribution is -2.48. The smallest absolute Gasteiger partial charge is 0.270 e. The Hall–Kier alpha value is -1.31. The third kappa shape index (κ3) is 3.00. The molecule has 0 spiro atoms. The van der Waals surface area contributed by atoms with Gasteiger partial charge >= 0.3 is 0 Å². The van der Waals surface area contributed by atoms with E-state index < -0.39 is 0 Å². The van der Waals surface area contributed by atoms with E-state index in [9.17, 15) is 4.79 Å². The zero-order valence-electron chi connectivity index (χ0n) is 11.3. The van der Waals surface area contributed by atoms with Crippen molar-refractivity contribution in [2.75, 3.05) is 31.1 Å². The molecule has 0 bridgehead atoms. The molecule has 3 rings (SSSR count). The van der Waals surface area contributed by atoms with Gasteiger partial charge in [0.05, 0.1) is 5.02 Å². The summed E-state index contributed by atoms with van der Waals surface area (Å²) in [5.74, 6) is 0.695. The molecule has 9 heteroatoms. The number of aromatic nitrogens is 3. The Labute approximate surface area is 135 Å². The zero-order valence-corrected chi connectivity index (χ0v) is 13.6. The normalized spacial score (nSPS) is 15.6. The van der Waals surface area contributed by atoms with Crippen molar-refractivity contribution in [2.45, 2.75) is 6.92 Å². The molecule has 1 saturated heterocycles. The second-order valence-corrected chi connectivity index (χ2v) is 6.26. The van der Waals surface area contributed by atoms with Gasteiger partial charge in [0.25, 0.3) is 5.91 Å². The Morgan fingerprint density at radius 1 is 1.33 bits per heavy atom. The van der Waals surface area contributed by atoms with Crippen LogP contribution in [0.1, 0.15) is 16.3 Å². The molecule has 0 aromatic carbocycles. The van der Waals surface area contributed by atoms with Crippen molar-refractivity contribution in [3.05, 3.63) is 27.8 Å². The molecule has 2 aromatic rings. The van der Waals surface area contributed by atoms with E-state index in [2.05, 4.69) is 19.2 Å². The lowest BCUT2D eigenvalue weighted by Gasteiger charge is -2.34. The lowest BCUT2D eigenvalue weighted by atomic mass is 10.3. The van der Waals surface area contributed by atoms with Gasteiger partial charge in [-0.1, -0.05) is 23.2 Å². The van der Waals surface area contributed by atoms with Crippen molar-refractivity contribution in [1.29, 1.82) is 0 Å². The van der Waals surface area contributed by atoms with E-state index in [1.165, 1.54) is 11.5 Å². The fourth-order valence-corrected chi connectivity index (χ4v) is 3.24. The monoisotopic (exact) mass is 345 g/mol. The number of halogens is 2. The number of rotatable bonds is 2. The number of hydrogen-bond acceptors (Lipinski definition) is 5.